The zero-order chi connectivity index (χ0) is 30.1. The monoisotopic (exact) mass is 588 g/mol. The van der Waals surface area contributed by atoms with Crippen molar-refractivity contribution in [1.82, 2.24) is 24.8 Å². The molecule has 1 fully saturated rings. The summed E-state index contributed by atoms with van der Waals surface area (Å²) in [6.07, 6.45) is 2.93. The summed E-state index contributed by atoms with van der Waals surface area (Å²) in [6, 6.07) is 4.34. The van der Waals surface area contributed by atoms with Crippen LogP contribution in [0.25, 0.3) is 11.0 Å². The third-order valence-corrected chi connectivity index (χ3v) is 7.76. The maximum Gasteiger partial charge on any atom is 0.416 e. The van der Waals surface area contributed by atoms with Crippen molar-refractivity contribution < 1.29 is 22.8 Å². The summed E-state index contributed by atoms with van der Waals surface area (Å²) in [5.74, 6) is 1.74. The molecule has 2 amide bonds. The molecular weight excluding hydrogens is 561 g/mol. The fourth-order valence-corrected chi connectivity index (χ4v) is 5.38. The number of aryl methyl sites for hydroxylation is 1. The Balaban J connectivity index is 1.85. The van der Waals surface area contributed by atoms with Crippen LogP contribution in [0, 0.1) is 19.3 Å². The molecule has 0 radical (unpaired) electrons. The Bertz CT molecular complexity index is 1610. The van der Waals surface area contributed by atoms with E-state index in [1.807, 2.05) is 0 Å². The number of hydrogen-bond donors (Lipinski definition) is 2. The molecule has 3 heterocycles. The number of aromatic nitrogens is 3. The van der Waals surface area contributed by atoms with E-state index in [1.54, 1.807) is 11.0 Å². The number of pyridine rings is 1. The van der Waals surface area contributed by atoms with Gasteiger partial charge in [-0.15, -0.1) is 18.0 Å². The average molecular weight is 589 g/mol. The molecule has 2 aromatic heterocycles. The number of nitrogens with one attached hydrogen (secondary N) is 2. The highest BCUT2D eigenvalue weighted by atomic mass is 35.5. The van der Waals surface area contributed by atoms with Crippen LogP contribution in [0.5, 0.6) is 0 Å². The third kappa shape index (κ3) is 5.72. The minimum absolute atomic E-state index is 0.0260. The van der Waals surface area contributed by atoms with E-state index in [4.69, 9.17) is 18.0 Å². The highest BCUT2D eigenvalue weighted by Crippen LogP contribution is 2.37. The second-order valence-electron chi connectivity index (χ2n) is 9.91. The van der Waals surface area contributed by atoms with Crippen LogP contribution in [0.15, 0.2) is 35.4 Å². The van der Waals surface area contributed by atoms with Gasteiger partial charge in [0.1, 0.15) is 29.7 Å². The number of rotatable bonds is 6. The average Bonchev–Trinajstić information content (AvgIpc) is 2.93. The largest absolute Gasteiger partial charge is 0.416 e. The highest BCUT2D eigenvalue weighted by Gasteiger charge is 2.41. The van der Waals surface area contributed by atoms with Gasteiger partial charge in [0.25, 0.3) is 5.56 Å². The second kappa shape index (κ2) is 11.4. The van der Waals surface area contributed by atoms with Crippen molar-refractivity contribution in [3.05, 3.63) is 63.2 Å². The van der Waals surface area contributed by atoms with Crippen molar-refractivity contribution in [2.75, 3.05) is 24.3 Å². The van der Waals surface area contributed by atoms with Crippen LogP contribution in [0.4, 0.5) is 19.0 Å². The molecule has 0 aliphatic carbocycles. The molecule has 1 aromatic carbocycles. The molecule has 1 aliphatic heterocycles. The normalized spacial score (nSPS) is 15.7. The van der Waals surface area contributed by atoms with Gasteiger partial charge in [-0.2, -0.15) is 13.2 Å². The van der Waals surface area contributed by atoms with Gasteiger partial charge in [0.15, 0.2) is 0 Å². The maximum atomic E-state index is 13.6. The highest BCUT2D eigenvalue weighted by molar-refractivity contribution is 6.27. The lowest BCUT2D eigenvalue weighted by Crippen LogP contribution is -2.56. The molecule has 3 aromatic rings. The number of halogens is 4. The number of hydrogen-bond acceptors (Lipinski definition) is 6. The molecule has 1 saturated heterocycles. The SMILES string of the molecule is C#C[C@@H](Nc1ncnc2c1cc(C1(NC(=O)CCl)CCN(C(C)=O)CC1)c(=O)n2C)c1cccc(C(F)(F)F)c1C. The second-order valence-corrected chi connectivity index (χ2v) is 10.2. The molecule has 0 bridgehead atoms. The number of anilines is 1. The summed E-state index contributed by atoms with van der Waals surface area (Å²) in [7, 11) is 1.52. The van der Waals surface area contributed by atoms with Crippen LogP contribution in [-0.4, -0.2) is 50.2 Å². The van der Waals surface area contributed by atoms with Gasteiger partial charge >= 0.3 is 6.18 Å². The number of likely N-dealkylation sites (tertiary alicyclic amines) is 1. The number of nitrogens with zero attached hydrogens (tertiary/aromatic N) is 4. The number of fused-ring (bicyclic) bond motifs is 1. The van der Waals surface area contributed by atoms with E-state index in [1.165, 1.54) is 43.9 Å². The number of amides is 2. The fraction of sp³-hybridized carbons (Fsp3) is 0.393. The van der Waals surface area contributed by atoms with E-state index in [9.17, 15) is 27.6 Å². The Morgan fingerprint density at radius 1 is 1.24 bits per heavy atom. The fourth-order valence-electron chi connectivity index (χ4n) is 5.31. The number of alkyl halides is 4. The summed E-state index contributed by atoms with van der Waals surface area (Å²) >= 11 is 5.80. The van der Waals surface area contributed by atoms with Gasteiger partial charge in [0.05, 0.1) is 16.5 Å². The first-order chi connectivity index (χ1) is 19.3. The van der Waals surface area contributed by atoms with Crippen LogP contribution in [0.3, 0.4) is 0 Å². The molecule has 1 aliphatic rings. The quantitative estimate of drug-likeness (QED) is 0.336. The van der Waals surface area contributed by atoms with Gasteiger partial charge in [-0.1, -0.05) is 18.1 Å². The standard InChI is InChI=1S/C28H28ClF3N6O3/c1-5-22(18-7-6-8-20(16(18)2)28(30,31)32)35-24-19-13-21(26(41)37(4)25(19)34-15-33-24)27(36-23(40)14-29)9-11-38(12-10-27)17(3)39/h1,6-8,13,15,22H,9-12,14H2,2-4H3,(H,36,40)(H,33,34,35)/t22-/m1/s1. The van der Waals surface area contributed by atoms with Crippen molar-refractivity contribution in [3.63, 3.8) is 0 Å². The van der Waals surface area contributed by atoms with Gasteiger partial charge in [-0.05, 0) is 43.0 Å². The molecule has 0 spiro atoms. The van der Waals surface area contributed by atoms with Crippen molar-refractivity contribution in [3.8, 4) is 12.3 Å². The summed E-state index contributed by atoms with van der Waals surface area (Å²) in [5.41, 5.74) is -1.67. The summed E-state index contributed by atoms with van der Waals surface area (Å²) in [5, 5.41) is 6.30. The minimum atomic E-state index is -4.56. The number of carbonyl (C=O) groups excluding carboxylic acids is 2. The molecule has 1 atom stereocenters. The third-order valence-electron chi connectivity index (χ3n) is 7.52. The first-order valence-corrected chi connectivity index (χ1v) is 13.2. The maximum absolute atomic E-state index is 13.6. The Labute approximate surface area is 239 Å². The first-order valence-electron chi connectivity index (χ1n) is 12.7. The van der Waals surface area contributed by atoms with Gasteiger partial charge in [0, 0.05) is 32.6 Å². The van der Waals surface area contributed by atoms with Crippen molar-refractivity contribution in [1.29, 1.82) is 0 Å². The molecule has 41 heavy (non-hydrogen) atoms. The molecule has 0 saturated carbocycles. The Morgan fingerprint density at radius 2 is 1.93 bits per heavy atom. The Kier molecular flexibility index (Phi) is 8.31. The molecule has 0 unspecified atom stereocenters. The van der Waals surface area contributed by atoms with E-state index in [-0.39, 0.29) is 52.8 Å². The smallest absolute Gasteiger partial charge is 0.352 e. The Morgan fingerprint density at radius 3 is 2.51 bits per heavy atom. The van der Waals surface area contributed by atoms with Crippen LogP contribution in [-0.2, 0) is 28.4 Å². The van der Waals surface area contributed by atoms with Crippen LogP contribution in [0.2, 0.25) is 0 Å². The lowest BCUT2D eigenvalue weighted by atomic mass is 9.80. The predicted molar refractivity (Wildman–Crippen MR) is 148 cm³/mol. The lowest BCUT2D eigenvalue weighted by Gasteiger charge is -2.42. The molecular formula is C28H28ClF3N6O3. The van der Waals surface area contributed by atoms with E-state index in [0.717, 1.165) is 6.07 Å². The van der Waals surface area contributed by atoms with E-state index in [0.29, 0.717) is 18.5 Å². The summed E-state index contributed by atoms with van der Waals surface area (Å²) in [4.78, 5) is 48.3. The molecule has 13 heteroatoms. The van der Waals surface area contributed by atoms with Crippen LogP contribution < -0.4 is 16.2 Å². The van der Waals surface area contributed by atoms with Crippen LogP contribution in [0.1, 0.15) is 48.1 Å². The van der Waals surface area contributed by atoms with Gasteiger partial charge in [-0.25, -0.2) is 9.97 Å². The van der Waals surface area contributed by atoms with Gasteiger partial charge in [0.2, 0.25) is 11.8 Å². The van der Waals surface area contributed by atoms with E-state index < -0.39 is 34.8 Å². The number of benzene rings is 1. The zero-order valence-electron chi connectivity index (χ0n) is 22.6. The summed E-state index contributed by atoms with van der Waals surface area (Å²) < 4.78 is 42.0. The van der Waals surface area contributed by atoms with Crippen LogP contribution >= 0.6 is 11.6 Å². The molecule has 4 rings (SSSR count). The molecule has 2 N–H and O–H groups in total. The molecule has 9 nitrogen and oxygen atoms in total. The van der Waals surface area contributed by atoms with Crippen molar-refractivity contribution >= 4 is 40.3 Å². The number of terminal acetylenes is 1. The zero-order valence-corrected chi connectivity index (χ0v) is 23.4. The number of carbonyl (C=O) groups is 2. The minimum Gasteiger partial charge on any atom is -0.352 e. The van der Waals surface area contributed by atoms with Gasteiger partial charge in [-0.3, -0.25) is 19.0 Å². The topological polar surface area (TPSA) is 109 Å². The van der Waals surface area contributed by atoms with E-state index >= 15 is 0 Å². The summed E-state index contributed by atoms with van der Waals surface area (Å²) in [6.45, 7) is 3.39. The van der Waals surface area contributed by atoms with Crippen molar-refractivity contribution in [2.45, 2.75) is 44.4 Å². The van der Waals surface area contributed by atoms with E-state index in [2.05, 4.69) is 26.5 Å². The molecule has 216 valence electrons. The van der Waals surface area contributed by atoms with Crippen molar-refractivity contribution in [2.24, 2.45) is 7.05 Å². The number of piperidine rings is 1. The first kappa shape index (κ1) is 29.9. The lowest BCUT2D eigenvalue weighted by molar-refractivity contribution is -0.138. The Hall–Kier alpha value is -4.11. The van der Waals surface area contributed by atoms with Gasteiger partial charge < -0.3 is 15.5 Å². The predicted octanol–water partition coefficient (Wildman–Crippen LogP) is 3.63.